The van der Waals surface area contributed by atoms with Crippen molar-refractivity contribution in [1.29, 1.82) is 0 Å². The zero-order valence-electron chi connectivity index (χ0n) is 35.4. The molecule has 4 aliphatic heterocycles. The monoisotopic (exact) mass is 789 g/mol. The van der Waals surface area contributed by atoms with E-state index in [1.807, 2.05) is 44.7 Å². The second kappa shape index (κ2) is 17.5. The van der Waals surface area contributed by atoms with Crippen molar-refractivity contribution in [3.8, 4) is 0 Å². The first-order chi connectivity index (χ1) is 29.0. The third kappa shape index (κ3) is 8.28. The lowest BCUT2D eigenvalue weighted by molar-refractivity contribution is 0.441. The molecule has 10 nitrogen and oxygen atoms in total. The molecule has 0 N–H and O–H groups in total. The molecule has 2 aromatic carbocycles. The molecule has 0 radical (unpaired) electrons. The summed E-state index contributed by atoms with van der Waals surface area (Å²) in [6.07, 6.45) is 14.2. The van der Waals surface area contributed by atoms with E-state index in [0.29, 0.717) is 11.8 Å². The SMILES string of the molecule is CC.CC(C)CC1CCN(c2nccnc2C2CN(c3ccc4ccccc4n3)C2)C1.c1ccc2nc(N3CC(c4nccnc4N4CC5CCCC5C4)C3)ccc2c1. The minimum Gasteiger partial charge on any atom is -0.355 e. The highest BCUT2D eigenvalue weighted by atomic mass is 15.3. The predicted octanol–water partition coefficient (Wildman–Crippen LogP) is 9.39. The maximum absolute atomic E-state index is 4.84. The molecule has 4 aromatic heterocycles. The summed E-state index contributed by atoms with van der Waals surface area (Å²) in [7, 11) is 0. The van der Waals surface area contributed by atoms with Crippen LogP contribution in [0.4, 0.5) is 23.3 Å². The lowest BCUT2D eigenvalue weighted by atomic mass is 9.95. The van der Waals surface area contributed by atoms with Crippen LogP contribution < -0.4 is 19.6 Å². The molecule has 10 heteroatoms. The van der Waals surface area contributed by atoms with Crippen LogP contribution in [0.1, 0.15) is 83.0 Å². The topological polar surface area (TPSA) is 90.3 Å². The van der Waals surface area contributed by atoms with Crippen LogP contribution in [0, 0.1) is 23.7 Å². The van der Waals surface area contributed by atoms with Crippen LogP contribution in [0.5, 0.6) is 0 Å². The molecule has 59 heavy (non-hydrogen) atoms. The van der Waals surface area contributed by atoms with Gasteiger partial charge >= 0.3 is 0 Å². The summed E-state index contributed by atoms with van der Waals surface area (Å²) in [5.41, 5.74) is 4.46. The van der Waals surface area contributed by atoms with Gasteiger partial charge in [0, 0.05) is 99.8 Å². The van der Waals surface area contributed by atoms with E-state index in [1.54, 1.807) is 0 Å². The van der Waals surface area contributed by atoms with E-state index in [-0.39, 0.29) is 0 Å². The molecular formula is C49H60N10. The molecule has 3 atom stereocenters. The molecule has 5 fully saturated rings. The molecule has 1 saturated carbocycles. The minimum absolute atomic E-state index is 0.427. The van der Waals surface area contributed by atoms with Gasteiger partial charge in [0.05, 0.1) is 22.4 Å². The van der Waals surface area contributed by atoms with Crippen LogP contribution in [0.25, 0.3) is 21.8 Å². The Hall–Kier alpha value is -5.38. The van der Waals surface area contributed by atoms with Gasteiger partial charge in [0.1, 0.15) is 11.6 Å². The van der Waals surface area contributed by atoms with Crippen molar-refractivity contribution in [2.75, 3.05) is 72.0 Å². The standard InChI is InChI=1S/C24H29N5.C23H25N5.C2H6/c1-17(2)13-18-9-12-28(14-18)24-23(25-10-11-26-24)20-15-29(16-20)22-8-7-19-5-3-4-6-21(19)27-22;1-2-7-20-16(4-1)8-9-21(26-20)27-14-19(15-27)22-23(25-11-10-24-22)28-12-17-5-3-6-18(17)13-28;1-2/h3-8,10-11,17-18,20H,9,12-16H2,1-2H3;1-2,4,7-11,17-19H,3,5-6,12-15H2;1-2H3. The van der Waals surface area contributed by atoms with Gasteiger partial charge in [-0.1, -0.05) is 70.5 Å². The molecule has 5 aliphatic rings. The summed E-state index contributed by atoms with van der Waals surface area (Å²) in [4.78, 5) is 38.4. The van der Waals surface area contributed by atoms with Crippen molar-refractivity contribution in [2.24, 2.45) is 23.7 Å². The van der Waals surface area contributed by atoms with Gasteiger partial charge in [-0.15, -0.1) is 0 Å². The van der Waals surface area contributed by atoms with E-state index in [9.17, 15) is 0 Å². The number of hydrogen-bond acceptors (Lipinski definition) is 10. The number of pyridine rings is 2. The average molecular weight is 789 g/mol. The van der Waals surface area contributed by atoms with Crippen molar-refractivity contribution in [3.05, 3.63) is 109 Å². The van der Waals surface area contributed by atoms with E-state index in [0.717, 1.165) is 103 Å². The second-order valence-electron chi connectivity index (χ2n) is 17.5. The van der Waals surface area contributed by atoms with Gasteiger partial charge in [-0.2, -0.15) is 0 Å². The number of para-hydroxylation sites is 2. The Morgan fingerprint density at radius 1 is 0.525 bits per heavy atom. The van der Waals surface area contributed by atoms with Crippen LogP contribution in [0.2, 0.25) is 0 Å². The predicted molar refractivity (Wildman–Crippen MR) is 242 cm³/mol. The number of fused-ring (bicyclic) bond motifs is 3. The molecule has 0 amide bonds. The first-order valence-electron chi connectivity index (χ1n) is 22.4. The van der Waals surface area contributed by atoms with Crippen LogP contribution in [0.15, 0.2) is 97.6 Å². The molecule has 306 valence electrons. The van der Waals surface area contributed by atoms with Gasteiger partial charge < -0.3 is 19.6 Å². The highest BCUT2D eigenvalue weighted by molar-refractivity contribution is 5.81. The third-order valence-corrected chi connectivity index (χ3v) is 13.2. The Morgan fingerprint density at radius 3 is 1.54 bits per heavy atom. The summed E-state index contributed by atoms with van der Waals surface area (Å²) in [6, 6.07) is 25.2. The zero-order chi connectivity index (χ0) is 40.3. The summed E-state index contributed by atoms with van der Waals surface area (Å²) >= 11 is 0. The molecule has 0 bridgehead atoms. The number of benzene rings is 2. The number of anilines is 4. The van der Waals surface area contributed by atoms with E-state index < -0.39 is 0 Å². The summed E-state index contributed by atoms with van der Waals surface area (Å²) in [5.74, 6) is 8.51. The lowest BCUT2D eigenvalue weighted by Crippen LogP contribution is -2.46. The maximum atomic E-state index is 4.84. The molecule has 11 rings (SSSR count). The molecule has 0 spiro atoms. The van der Waals surface area contributed by atoms with Crippen molar-refractivity contribution in [3.63, 3.8) is 0 Å². The summed E-state index contributed by atoms with van der Waals surface area (Å²) in [6.45, 7) is 17.0. The van der Waals surface area contributed by atoms with Crippen molar-refractivity contribution >= 4 is 45.1 Å². The number of aromatic nitrogens is 6. The summed E-state index contributed by atoms with van der Waals surface area (Å²) < 4.78 is 0. The zero-order valence-corrected chi connectivity index (χ0v) is 35.4. The van der Waals surface area contributed by atoms with Gasteiger partial charge in [-0.25, -0.2) is 19.9 Å². The first kappa shape index (κ1) is 39.1. The second-order valence-corrected chi connectivity index (χ2v) is 17.5. The molecular weight excluding hydrogens is 729 g/mol. The first-order valence-corrected chi connectivity index (χ1v) is 22.4. The van der Waals surface area contributed by atoms with Crippen molar-refractivity contribution in [2.45, 2.75) is 71.6 Å². The lowest BCUT2D eigenvalue weighted by Gasteiger charge is -2.40. The van der Waals surface area contributed by atoms with E-state index in [2.05, 4.69) is 100 Å². The van der Waals surface area contributed by atoms with Crippen molar-refractivity contribution in [1.82, 2.24) is 29.9 Å². The Balaban J connectivity index is 0.000000146. The third-order valence-electron chi connectivity index (χ3n) is 13.2. The number of nitrogens with zero attached hydrogens (tertiary/aromatic N) is 10. The van der Waals surface area contributed by atoms with Gasteiger partial charge in [-0.3, -0.25) is 9.97 Å². The average Bonchev–Trinajstić information content (AvgIpc) is 3.99. The van der Waals surface area contributed by atoms with Gasteiger partial charge in [0.15, 0.2) is 11.6 Å². The fourth-order valence-electron chi connectivity index (χ4n) is 10.2. The van der Waals surface area contributed by atoms with Gasteiger partial charge in [0.25, 0.3) is 0 Å². The number of hydrogen-bond donors (Lipinski definition) is 0. The van der Waals surface area contributed by atoms with E-state index in [1.165, 1.54) is 61.7 Å². The Bertz CT molecular complexity index is 2320. The smallest absolute Gasteiger partial charge is 0.150 e. The highest BCUT2D eigenvalue weighted by Gasteiger charge is 2.40. The maximum Gasteiger partial charge on any atom is 0.150 e. The van der Waals surface area contributed by atoms with Gasteiger partial charge in [-0.05, 0) is 85.8 Å². The Morgan fingerprint density at radius 2 is 1.02 bits per heavy atom. The van der Waals surface area contributed by atoms with Crippen LogP contribution in [-0.2, 0) is 0 Å². The van der Waals surface area contributed by atoms with Crippen LogP contribution in [0.3, 0.4) is 0 Å². The highest BCUT2D eigenvalue weighted by Crippen LogP contribution is 2.42. The molecule has 3 unspecified atom stereocenters. The van der Waals surface area contributed by atoms with Crippen LogP contribution in [-0.4, -0.2) is 82.3 Å². The van der Waals surface area contributed by atoms with Gasteiger partial charge in [0.2, 0.25) is 0 Å². The van der Waals surface area contributed by atoms with Crippen molar-refractivity contribution < 1.29 is 0 Å². The minimum atomic E-state index is 0.427. The van der Waals surface area contributed by atoms with Crippen LogP contribution >= 0.6 is 0 Å². The van der Waals surface area contributed by atoms with E-state index in [4.69, 9.17) is 29.9 Å². The summed E-state index contributed by atoms with van der Waals surface area (Å²) in [5, 5.41) is 2.38. The quantitative estimate of drug-likeness (QED) is 0.149. The Labute approximate surface area is 350 Å². The molecule has 1 aliphatic carbocycles. The molecule has 4 saturated heterocycles. The fraction of sp³-hybridized carbons (Fsp3) is 0.469. The molecule has 8 heterocycles. The largest absolute Gasteiger partial charge is 0.355 e. The fourth-order valence-corrected chi connectivity index (χ4v) is 10.2. The molecule has 6 aromatic rings. The Kier molecular flexibility index (Phi) is 11.6. The number of rotatable bonds is 8. The normalized spacial score (nSPS) is 21.5. The van der Waals surface area contributed by atoms with E-state index >= 15 is 0 Å².